The molecule has 1 N–H and O–H groups in total. The van der Waals surface area contributed by atoms with E-state index in [0.29, 0.717) is 18.5 Å². The average Bonchev–Trinajstić information content (AvgIpc) is 3.35. The summed E-state index contributed by atoms with van der Waals surface area (Å²) in [6, 6.07) is 5.55. The first-order valence-corrected chi connectivity index (χ1v) is 8.21. The first kappa shape index (κ1) is 17.1. The Labute approximate surface area is 153 Å². The molecule has 1 fully saturated rings. The first-order valence-electron chi connectivity index (χ1n) is 8.21. The number of nitrogens with one attached hydrogen (secondary N) is 1. The molecule has 3 aromatic rings. The Hall–Kier alpha value is -3.36. The molecule has 4 rings (SSSR count). The summed E-state index contributed by atoms with van der Waals surface area (Å²) in [7, 11) is 1.32. The van der Waals surface area contributed by atoms with Crippen molar-refractivity contribution in [2.75, 3.05) is 12.4 Å². The molecule has 3 heterocycles. The molecule has 0 radical (unpaired) electrons. The van der Waals surface area contributed by atoms with Gasteiger partial charge in [-0.05, 0) is 25.0 Å². The van der Waals surface area contributed by atoms with Gasteiger partial charge in [0.05, 0.1) is 30.1 Å². The average molecular weight is 371 g/mol. The Morgan fingerprint density at radius 3 is 2.74 bits per heavy atom. The minimum atomic E-state index is -0.969. The number of amides is 1. The van der Waals surface area contributed by atoms with E-state index in [9.17, 15) is 13.6 Å². The molecule has 0 aromatic carbocycles. The third kappa shape index (κ3) is 3.01. The lowest BCUT2D eigenvalue weighted by atomic mass is 10.00. The van der Waals surface area contributed by atoms with Gasteiger partial charge in [0.25, 0.3) is 0 Å². The Balaban J connectivity index is 1.54. The zero-order valence-electron chi connectivity index (χ0n) is 14.3. The molecule has 0 saturated heterocycles. The van der Waals surface area contributed by atoms with Crippen LogP contribution >= 0.6 is 0 Å². The van der Waals surface area contributed by atoms with Crippen LogP contribution in [0.4, 0.5) is 14.6 Å². The molecule has 27 heavy (non-hydrogen) atoms. The van der Waals surface area contributed by atoms with Gasteiger partial charge in [0.2, 0.25) is 11.8 Å². The Morgan fingerprint density at radius 2 is 2.07 bits per heavy atom. The normalized spacial score (nSPS) is 14.6. The summed E-state index contributed by atoms with van der Waals surface area (Å²) in [4.78, 5) is 20.6. The van der Waals surface area contributed by atoms with Crippen molar-refractivity contribution >= 4 is 11.7 Å². The van der Waals surface area contributed by atoms with Gasteiger partial charge in [-0.3, -0.25) is 9.78 Å². The van der Waals surface area contributed by atoms with E-state index >= 15 is 0 Å². The minimum Gasteiger partial charge on any atom is -0.479 e. The standard InChI is InChI=1S/C18H15F2N5O2/c1-27-16-13(20)9-11(10-22-16)25-8-4-14(24-25)23-17(26)18(5-6-18)15-12(19)3-2-7-21-15/h2-4,7-10H,5-6H2,1H3,(H,23,24,26). The largest absolute Gasteiger partial charge is 0.479 e. The number of hydrogen-bond acceptors (Lipinski definition) is 5. The highest BCUT2D eigenvalue weighted by molar-refractivity contribution is 6.00. The van der Waals surface area contributed by atoms with Crippen molar-refractivity contribution in [3.8, 4) is 11.6 Å². The number of anilines is 1. The fourth-order valence-electron chi connectivity index (χ4n) is 2.90. The summed E-state index contributed by atoms with van der Waals surface area (Å²) in [5, 5.41) is 6.88. The van der Waals surface area contributed by atoms with Gasteiger partial charge in [-0.1, -0.05) is 0 Å². The summed E-state index contributed by atoms with van der Waals surface area (Å²) < 4.78 is 34.0. The van der Waals surface area contributed by atoms with Gasteiger partial charge in [-0.2, -0.15) is 5.10 Å². The van der Waals surface area contributed by atoms with Crippen LogP contribution in [0, 0.1) is 11.6 Å². The van der Waals surface area contributed by atoms with Crippen LogP contribution in [0.5, 0.6) is 5.88 Å². The van der Waals surface area contributed by atoms with Crippen LogP contribution in [-0.2, 0) is 10.2 Å². The molecule has 1 saturated carbocycles. The van der Waals surface area contributed by atoms with Crippen LogP contribution in [0.1, 0.15) is 18.5 Å². The number of aromatic nitrogens is 4. The van der Waals surface area contributed by atoms with E-state index in [1.165, 1.54) is 42.4 Å². The number of carbonyl (C=O) groups is 1. The zero-order chi connectivity index (χ0) is 19.0. The molecule has 7 nitrogen and oxygen atoms in total. The van der Waals surface area contributed by atoms with E-state index in [1.807, 2.05) is 0 Å². The van der Waals surface area contributed by atoms with Crippen LogP contribution in [0.15, 0.2) is 42.9 Å². The second-order valence-electron chi connectivity index (χ2n) is 6.20. The van der Waals surface area contributed by atoms with Crippen LogP contribution in [0.3, 0.4) is 0 Å². The maximum Gasteiger partial charge on any atom is 0.250 e. The third-order valence-corrected chi connectivity index (χ3v) is 4.48. The van der Waals surface area contributed by atoms with Crippen molar-refractivity contribution in [1.29, 1.82) is 0 Å². The number of ether oxygens (including phenoxy) is 1. The minimum absolute atomic E-state index is 0.118. The molecule has 3 aromatic heterocycles. The predicted molar refractivity (Wildman–Crippen MR) is 91.6 cm³/mol. The second kappa shape index (κ2) is 6.42. The smallest absolute Gasteiger partial charge is 0.250 e. The molecule has 1 aliphatic carbocycles. The van der Waals surface area contributed by atoms with Gasteiger partial charge in [0.1, 0.15) is 5.82 Å². The molecular formula is C18H15F2N5O2. The molecule has 0 atom stereocenters. The Kier molecular flexibility index (Phi) is 4.06. The SMILES string of the molecule is COc1ncc(-n2ccc(NC(=O)C3(c4ncccc4F)CC3)n2)cc1F. The number of pyridine rings is 2. The summed E-state index contributed by atoms with van der Waals surface area (Å²) in [6.07, 6.45) is 5.44. The van der Waals surface area contributed by atoms with E-state index in [2.05, 4.69) is 20.4 Å². The number of hydrogen-bond donors (Lipinski definition) is 1. The van der Waals surface area contributed by atoms with Gasteiger partial charge in [-0.15, -0.1) is 0 Å². The zero-order valence-corrected chi connectivity index (χ0v) is 14.3. The first-order chi connectivity index (χ1) is 13.0. The van der Waals surface area contributed by atoms with Crippen molar-refractivity contribution in [2.45, 2.75) is 18.3 Å². The van der Waals surface area contributed by atoms with Crippen LogP contribution in [0.25, 0.3) is 5.69 Å². The lowest BCUT2D eigenvalue weighted by molar-refractivity contribution is -0.118. The predicted octanol–water partition coefficient (Wildman–Crippen LogP) is 2.62. The number of halogens is 2. The molecule has 0 spiro atoms. The van der Waals surface area contributed by atoms with Gasteiger partial charge in [-0.25, -0.2) is 18.4 Å². The summed E-state index contributed by atoms with van der Waals surface area (Å²) >= 11 is 0. The van der Waals surface area contributed by atoms with Crippen LogP contribution in [0.2, 0.25) is 0 Å². The Morgan fingerprint density at radius 1 is 1.26 bits per heavy atom. The molecule has 0 unspecified atom stereocenters. The lowest BCUT2D eigenvalue weighted by Gasteiger charge is -2.14. The molecule has 1 amide bonds. The Bertz CT molecular complexity index is 1020. The second-order valence-corrected chi connectivity index (χ2v) is 6.20. The number of carbonyl (C=O) groups excluding carboxylic acids is 1. The van der Waals surface area contributed by atoms with Crippen molar-refractivity contribution in [2.24, 2.45) is 0 Å². The van der Waals surface area contributed by atoms with Gasteiger partial charge in [0, 0.05) is 24.5 Å². The molecule has 9 heteroatoms. The highest BCUT2D eigenvalue weighted by Crippen LogP contribution is 2.48. The molecule has 0 aliphatic heterocycles. The number of nitrogens with zero attached hydrogens (tertiary/aromatic N) is 4. The highest BCUT2D eigenvalue weighted by Gasteiger charge is 2.54. The molecule has 1 aliphatic rings. The number of rotatable bonds is 5. The van der Waals surface area contributed by atoms with Crippen LogP contribution in [-0.4, -0.2) is 32.8 Å². The maximum absolute atomic E-state index is 14.0. The van der Waals surface area contributed by atoms with Gasteiger partial charge >= 0.3 is 0 Å². The van der Waals surface area contributed by atoms with Crippen LogP contribution < -0.4 is 10.1 Å². The summed E-state index contributed by atoms with van der Waals surface area (Å²) in [5.41, 5.74) is -0.461. The fourth-order valence-corrected chi connectivity index (χ4v) is 2.90. The van der Waals surface area contributed by atoms with E-state index in [0.717, 1.165) is 0 Å². The summed E-state index contributed by atoms with van der Waals surface area (Å²) in [5.74, 6) is -1.36. The van der Waals surface area contributed by atoms with E-state index < -0.39 is 17.0 Å². The number of methoxy groups -OCH3 is 1. The molecule has 0 bridgehead atoms. The highest BCUT2D eigenvalue weighted by atomic mass is 19.1. The fraction of sp³-hybridized carbons (Fsp3) is 0.222. The van der Waals surface area contributed by atoms with E-state index in [4.69, 9.17) is 4.74 Å². The van der Waals surface area contributed by atoms with E-state index in [1.54, 1.807) is 12.3 Å². The van der Waals surface area contributed by atoms with Gasteiger partial charge < -0.3 is 10.1 Å². The van der Waals surface area contributed by atoms with Gasteiger partial charge in [0.15, 0.2) is 11.6 Å². The quantitative estimate of drug-likeness (QED) is 0.746. The monoisotopic (exact) mass is 371 g/mol. The topological polar surface area (TPSA) is 81.9 Å². The van der Waals surface area contributed by atoms with E-state index in [-0.39, 0.29) is 23.3 Å². The molecular weight excluding hydrogens is 356 g/mol. The van der Waals surface area contributed by atoms with Crippen molar-refractivity contribution < 1.29 is 18.3 Å². The molecule has 138 valence electrons. The summed E-state index contributed by atoms with van der Waals surface area (Å²) in [6.45, 7) is 0. The van der Waals surface area contributed by atoms with Crippen molar-refractivity contribution in [1.82, 2.24) is 19.7 Å². The lowest BCUT2D eigenvalue weighted by Crippen LogP contribution is -2.29. The van der Waals surface area contributed by atoms with Crippen molar-refractivity contribution in [3.63, 3.8) is 0 Å². The van der Waals surface area contributed by atoms with Crippen molar-refractivity contribution in [3.05, 3.63) is 60.2 Å². The third-order valence-electron chi connectivity index (χ3n) is 4.48. The maximum atomic E-state index is 14.0.